The molecule has 1 aliphatic carbocycles. The van der Waals surface area contributed by atoms with Gasteiger partial charge in [-0.15, -0.1) is 0 Å². The lowest BCUT2D eigenvalue weighted by atomic mass is 9.93. The molecule has 21 heavy (non-hydrogen) atoms. The van der Waals surface area contributed by atoms with Crippen molar-refractivity contribution in [3.05, 3.63) is 51.7 Å². The van der Waals surface area contributed by atoms with Crippen molar-refractivity contribution in [3.63, 3.8) is 0 Å². The molecule has 6 nitrogen and oxygen atoms in total. The lowest BCUT2D eigenvalue weighted by Crippen LogP contribution is -2.14. The van der Waals surface area contributed by atoms with Crippen LogP contribution in [0.25, 0.3) is 11.3 Å². The van der Waals surface area contributed by atoms with Gasteiger partial charge in [0.1, 0.15) is 5.75 Å². The Kier molecular flexibility index (Phi) is 3.13. The van der Waals surface area contributed by atoms with Gasteiger partial charge in [0.25, 0.3) is 5.69 Å². The Hall–Kier alpha value is -2.76. The van der Waals surface area contributed by atoms with Gasteiger partial charge >= 0.3 is 0 Å². The van der Waals surface area contributed by atoms with Crippen molar-refractivity contribution in [2.24, 2.45) is 0 Å². The van der Waals surface area contributed by atoms with Crippen LogP contribution in [0.5, 0.6) is 5.75 Å². The quantitative estimate of drug-likeness (QED) is 0.676. The van der Waals surface area contributed by atoms with Gasteiger partial charge in [-0.3, -0.25) is 14.9 Å². The van der Waals surface area contributed by atoms with Crippen molar-refractivity contribution in [2.75, 3.05) is 0 Å². The molecule has 0 unspecified atom stereocenters. The molecule has 0 atom stereocenters. The van der Waals surface area contributed by atoms with E-state index in [1.165, 1.54) is 12.1 Å². The number of benzene rings is 1. The van der Waals surface area contributed by atoms with Crippen LogP contribution in [0.2, 0.25) is 0 Å². The van der Waals surface area contributed by atoms with Gasteiger partial charge in [-0.2, -0.15) is 0 Å². The van der Waals surface area contributed by atoms with Gasteiger partial charge in [-0.05, 0) is 25.0 Å². The lowest BCUT2D eigenvalue weighted by molar-refractivity contribution is -0.384. The van der Waals surface area contributed by atoms with Gasteiger partial charge in [0.2, 0.25) is 0 Å². The first-order valence-electron chi connectivity index (χ1n) is 6.58. The standard InChI is InChI=1S/C15H12N2O4/c18-13-6-2-1-4-9(13)15-12(17(20)21)8-10-11(16-15)5-3-7-14(10)19/h1-2,4,6,8,18H,3,5,7H2. The second-order valence-corrected chi connectivity index (χ2v) is 4.90. The molecule has 0 spiro atoms. The number of para-hydroxylation sites is 1. The zero-order chi connectivity index (χ0) is 15.0. The first kappa shape index (κ1) is 13.2. The van der Waals surface area contributed by atoms with Crippen LogP contribution in [0.3, 0.4) is 0 Å². The second kappa shape index (κ2) is 4.97. The summed E-state index contributed by atoms with van der Waals surface area (Å²) < 4.78 is 0. The Morgan fingerprint density at radius 2 is 1.95 bits per heavy atom. The predicted molar refractivity (Wildman–Crippen MR) is 75.3 cm³/mol. The van der Waals surface area contributed by atoms with E-state index < -0.39 is 4.92 Å². The molecular weight excluding hydrogens is 272 g/mol. The van der Waals surface area contributed by atoms with Gasteiger partial charge in [-0.25, -0.2) is 4.98 Å². The lowest BCUT2D eigenvalue weighted by Gasteiger charge is -2.15. The van der Waals surface area contributed by atoms with E-state index in [9.17, 15) is 20.0 Å². The molecule has 106 valence electrons. The second-order valence-electron chi connectivity index (χ2n) is 4.90. The molecule has 0 saturated carbocycles. The van der Waals surface area contributed by atoms with Crippen molar-refractivity contribution in [2.45, 2.75) is 19.3 Å². The summed E-state index contributed by atoms with van der Waals surface area (Å²) >= 11 is 0. The molecule has 2 aromatic rings. The molecule has 1 aliphatic rings. The number of carbonyl (C=O) groups is 1. The minimum atomic E-state index is -0.572. The molecule has 1 aromatic heterocycles. The number of phenols is 1. The molecule has 0 amide bonds. The van der Waals surface area contributed by atoms with Crippen LogP contribution in [0.4, 0.5) is 5.69 Å². The number of rotatable bonds is 2. The SMILES string of the molecule is O=C1CCCc2nc(-c3ccccc3O)c([N+](=O)[O-])cc21. The Balaban J connectivity index is 2.27. The average molecular weight is 284 g/mol. The van der Waals surface area contributed by atoms with E-state index in [1.54, 1.807) is 18.2 Å². The number of ketones is 1. The molecule has 0 saturated heterocycles. The van der Waals surface area contributed by atoms with Crippen LogP contribution in [0, 0.1) is 10.1 Å². The number of fused-ring (bicyclic) bond motifs is 1. The number of nitro groups is 1. The number of pyridine rings is 1. The topological polar surface area (TPSA) is 93.3 Å². The van der Waals surface area contributed by atoms with E-state index >= 15 is 0 Å². The number of aromatic nitrogens is 1. The Morgan fingerprint density at radius 3 is 2.67 bits per heavy atom. The highest BCUT2D eigenvalue weighted by atomic mass is 16.6. The van der Waals surface area contributed by atoms with E-state index in [1.807, 2.05) is 0 Å². The molecule has 0 bridgehead atoms. The number of Topliss-reactive ketones (excluding diaryl/α,β-unsaturated/α-hetero) is 1. The van der Waals surface area contributed by atoms with Crippen LogP contribution in [0.15, 0.2) is 30.3 Å². The van der Waals surface area contributed by atoms with E-state index in [0.717, 1.165) is 0 Å². The van der Waals surface area contributed by atoms with Crippen LogP contribution in [-0.4, -0.2) is 20.8 Å². The summed E-state index contributed by atoms with van der Waals surface area (Å²) in [5, 5.41) is 21.2. The highest BCUT2D eigenvalue weighted by Crippen LogP contribution is 2.36. The molecule has 0 aliphatic heterocycles. The molecule has 0 fully saturated rings. The molecule has 1 heterocycles. The zero-order valence-corrected chi connectivity index (χ0v) is 11.1. The summed E-state index contributed by atoms with van der Waals surface area (Å²) in [6.07, 6.45) is 1.69. The van der Waals surface area contributed by atoms with E-state index in [2.05, 4.69) is 4.98 Å². The van der Waals surface area contributed by atoms with Crippen molar-refractivity contribution in [1.29, 1.82) is 0 Å². The number of aryl methyl sites for hydroxylation is 1. The monoisotopic (exact) mass is 284 g/mol. The number of nitrogens with zero attached hydrogens (tertiary/aromatic N) is 2. The molecule has 1 N–H and O–H groups in total. The maximum absolute atomic E-state index is 11.9. The minimum absolute atomic E-state index is 0.0739. The van der Waals surface area contributed by atoms with Crippen molar-refractivity contribution < 1.29 is 14.8 Å². The Morgan fingerprint density at radius 1 is 1.19 bits per heavy atom. The van der Waals surface area contributed by atoms with Gasteiger partial charge < -0.3 is 5.11 Å². The minimum Gasteiger partial charge on any atom is -0.507 e. The Bertz CT molecular complexity index is 755. The number of aromatic hydroxyl groups is 1. The normalized spacial score (nSPS) is 13.8. The zero-order valence-electron chi connectivity index (χ0n) is 11.1. The predicted octanol–water partition coefficient (Wildman–Crippen LogP) is 2.88. The van der Waals surface area contributed by atoms with Crippen molar-refractivity contribution in [3.8, 4) is 17.0 Å². The average Bonchev–Trinajstić information content (AvgIpc) is 2.47. The van der Waals surface area contributed by atoms with Crippen LogP contribution in [0.1, 0.15) is 28.9 Å². The summed E-state index contributed by atoms with van der Waals surface area (Å²) in [5.41, 5.74) is 1.03. The summed E-state index contributed by atoms with van der Waals surface area (Å²) in [6.45, 7) is 0. The highest BCUT2D eigenvalue weighted by Gasteiger charge is 2.27. The maximum Gasteiger partial charge on any atom is 0.296 e. The third kappa shape index (κ3) is 2.24. The fourth-order valence-corrected chi connectivity index (χ4v) is 2.54. The first-order valence-corrected chi connectivity index (χ1v) is 6.58. The summed E-state index contributed by atoms with van der Waals surface area (Å²) in [4.78, 5) is 26.9. The number of phenolic OH excluding ortho intramolecular Hbond substituents is 1. The van der Waals surface area contributed by atoms with E-state index in [0.29, 0.717) is 36.1 Å². The van der Waals surface area contributed by atoms with Crippen LogP contribution in [-0.2, 0) is 6.42 Å². The molecular formula is C15H12N2O4. The van der Waals surface area contributed by atoms with Gasteiger partial charge in [0.05, 0.1) is 10.6 Å². The molecule has 3 rings (SSSR count). The number of hydrogen-bond donors (Lipinski definition) is 1. The van der Waals surface area contributed by atoms with Crippen molar-refractivity contribution >= 4 is 11.5 Å². The van der Waals surface area contributed by atoms with Gasteiger partial charge in [-0.1, -0.05) is 12.1 Å². The molecule has 1 aromatic carbocycles. The smallest absolute Gasteiger partial charge is 0.296 e. The molecule has 0 radical (unpaired) electrons. The number of carbonyl (C=O) groups excluding carboxylic acids is 1. The largest absolute Gasteiger partial charge is 0.507 e. The van der Waals surface area contributed by atoms with Crippen LogP contribution < -0.4 is 0 Å². The molecule has 6 heteroatoms. The number of hydrogen-bond acceptors (Lipinski definition) is 5. The van der Waals surface area contributed by atoms with Crippen LogP contribution >= 0.6 is 0 Å². The van der Waals surface area contributed by atoms with Gasteiger partial charge in [0.15, 0.2) is 11.5 Å². The summed E-state index contributed by atoms with van der Waals surface area (Å²) in [7, 11) is 0. The highest BCUT2D eigenvalue weighted by molar-refractivity contribution is 5.99. The van der Waals surface area contributed by atoms with E-state index in [4.69, 9.17) is 0 Å². The third-order valence-corrected chi connectivity index (χ3v) is 3.56. The van der Waals surface area contributed by atoms with Gasteiger partial charge in [0, 0.05) is 23.6 Å². The Labute approximate surface area is 120 Å². The van der Waals surface area contributed by atoms with Crippen molar-refractivity contribution in [1.82, 2.24) is 4.98 Å². The summed E-state index contributed by atoms with van der Waals surface area (Å²) in [5.74, 6) is -0.189. The fraction of sp³-hybridized carbons (Fsp3) is 0.200. The maximum atomic E-state index is 11.9. The summed E-state index contributed by atoms with van der Waals surface area (Å²) in [6, 6.07) is 7.61. The van der Waals surface area contributed by atoms with E-state index in [-0.39, 0.29) is 22.9 Å². The first-order chi connectivity index (χ1) is 10.1. The third-order valence-electron chi connectivity index (χ3n) is 3.56. The fourth-order valence-electron chi connectivity index (χ4n) is 2.54.